The van der Waals surface area contributed by atoms with Crippen molar-refractivity contribution in [1.82, 2.24) is 19.6 Å². The first-order valence-electron chi connectivity index (χ1n) is 8.14. The van der Waals surface area contributed by atoms with E-state index in [2.05, 4.69) is 21.0 Å². The van der Waals surface area contributed by atoms with Crippen LogP contribution in [0.15, 0.2) is 33.6 Å². The molecule has 1 atom stereocenters. The molecule has 0 N–H and O–H groups in total. The molecular formula is C16H18BrN5O3. The number of halogens is 1. The first-order valence-corrected chi connectivity index (χ1v) is 8.93. The first-order chi connectivity index (χ1) is 12.0. The fraction of sp³-hybridized carbons (Fsp3) is 0.438. The summed E-state index contributed by atoms with van der Waals surface area (Å²) in [6, 6.07) is 3.48. The number of urea groups is 1. The van der Waals surface area contributed by atoms with Crippen LogP contribution in [0.4, 0.5) is 10.5 Å². The number of carbonyl (C=O) groups excluding carboxylic acids is 2. The summed E-state index contributed by atoms with van der Waals surface area (Å²) in [5.41, 5.74) is 0.800. The lowest BCUT2D eigenvalue weighted by atomic mass is 10.3. The second-order valence-electron chi connectivity index (χ2n) is 6.33. The van der Waals surface area contributed by atoms with E-state index in [1.165, 1.54) is 0 Å². The average molecular weight is 408 g/mol. The molecule has 0 spiro atoms. The van der Waals surface area contributed by atoms with Gasteiger partial charge in [-0.2, -0.15) is 5.10 Å². The third-order valence-corrected chi connectivity index (χ3v) is 5.15. The monoisotopic (exact) mass is 407 g/mol. The van der Waals surface area contributed by atoms with Crippen molar-refractivity contribution in [2.45, 2.75) is 12.5 Å². The van der Waals surface area contributed by atoms with Gasteiger partial charge in [0.2, 0.25) is 0 Å². The Balaban J connectivity index is 1.44. The Morgan fingerprint density at radius 1 is 1.32 bits per heavy atom. The number of anilines is 1. The molecule has 2 aromatic rings. The highest BCUT2D eigenvalue weighted by molar-refractivity contribution is 9.10. The van der Waals surface area contributed by atoms with E-state index in [-0.39, 0.29) is 18.0 Å². The molecule has 0 aliphatic carbocycles. The summed E-state index contributed by atoms with van der Waals surface area (Å²) in [5, 5.41) is 4.41. The van der Waals surface area contributed by atoms with Gasteiger partial charge < -0.3 is 14.2 Å². The Morgan fingerprint density at radius 2 is 2.16 bits per heavy atom. The lowest BCUT2D eigenvalue weighted by Gasteiger charge is -2.15. The predicted octanol–water partition coefficient (Wildman–Crippen LogP) is 2.20. The van der Waals surface area contributed by atoms with Crippen molar-refractivity contribution in [2.24, 2.45) is 0 Å². The molecule has 9 heteroatoms. The number of aromatic nitrogens is 2. The van der Waals surface area contributed by atoms with E-state index in [9.17, 15) is 9.59 Å². The zero-order valence-electron chi connectivity index (χ0n) is 13.8. The molecule has 2 aromatic heterocycles. The van der Waals surface area contributed by atoms with Crippen molar-refractivity contribution in [3.8, 4) is 0 Å². The molecule has 25 heavy (non-hydrogen) atoms. The van der Waals surface area contributed by atoms with Gasteiger partial charge in [-0.3, -0.25) is 14.4 Å². The quantitative estimate of drug-likeness (QED) is 0.781. The first kappa shape index (κ1) is 16.2. The smallest absolute Gasteiger partial charge is 0.324 e. The Kier molecular flexibility index (Phi) is 4.03. The van der Waals surface area contributed by atoms with Gasteiger partial charge in [0.1, 0.15) is 0 Å². The van der Waals surface area contributed by atoms with Crippen LogP contribution in [0.2, 0.25) is 0 Å². The van der Waals surface area contributed by atoms with E-state index < -0.39 is 0 Å². The zero-order chi connectivity index (χ0) is 17.6. The minimum atomic E-state index is -0.114. The molecular weight excluding hydrogens is 390 g/mol. The van der Waals surface area contributed by atoms with Crippen LogP contribution in [0.3, 0.4) is 0 Å². The molecule has 0 radical (unpaired) electrons. The molecule has 4 heterocycles. The van der Waals surface area contributed by atoms with Gasteiger partial charge in [0.05, 0.1) is 17.9 Å². The van der Waals surface area contributed by atoms with Crippen molar-refractivity contribution >= 4 is 33.6 Å². The Labute approximate surface area is 153 Å². The maximum Gasteiger partial charge on any atom is 0.324 e. The molecule has 0 bridgehead atoms. The number of likely N-dealkylation sites (tertiary alicyclic amines) is 1. The number of nitrogens with zero attached hydrogens (tertiary/aromatic N) is 5. The van der Waals surface area contributed by atoms with Gasteiger partial charge in [0.25, 0.3) is 5.91 Å². The van der Waals surface area contributed by atoms with Gasteiger partial charge in [-0.25, -0.2) is 4.79 Å². The van der Waals surface area contributed by atoms with Crippen LogP contribution in [0.5, 0.6) is 0 Å². The third kappa shape index (κ3) is 2.92. The fourth-order valence-electron chi connectivity index (χ4n) is 3.28. The number of hydrogen-bond acceptors (Lipinski definition) is 4. The van der Waals surface area contributed by atoms with Gasteiger partial charge in [-0.05, 0) is 34.5 Å². The molecule has 1 unspecified atom stereocenters. The van der Waals surface area contributed by atoms with Crippen molar-refractivity contribution in [3.05, 3.63) is 35.0 Å². The van der Waals surface area contributed by atoms with Gasteiger partial charge in [-0.1, -0.05) is 0 Å². The molecule has 8 nitrogen and oxygen atoms in total. The summed E-state index contributed by atoms with van der Waals surface area (Å²) in [4.78, 5) is 29.7. The van der Waals surface area contributed by atoms with E-state index in [1.54, 1.807) is 40.1 Å². The number of hydrogen-bond donors (Lipinski definition) is 0. The van der Waals surface area contributed by atoms with Crippen LogP contribution >= 0.6 is 15.9 Å². The van der Waals surface area contributed by atoms with Gasteiger partial charge in [0.15, 0.2) is 10.4 Å². The van der Waals surface area contributed by atoms with E-state index in [0.717, 1.165) is 12.1 Å². The summed E-state index contributed by atoms with van der Waals surface area (Å²) < 4.78 is 7.74. The van der Waals surface area contributed by atoms with E-state index in [1.807, 2.05) is 10.9 Å². The molecule has 0 saturated carbocycles. The normalized spacial score (nSPS) is 20.8. The SMILES string of the molecule is CN1CCN(c2cnn(C3CCN(C(=O)c4ccc(Br)o4)C3)c2)C1=O. The molecule has 4 rings (SSSR count). The second kappa shape index (κ2) is 6.21. The Hall–Kier alpha value is -2.29. The van der Waals surface area contributed by atoms with Crippen LogP contribution in [0.1, 0.15) is 23.0 Å². The van der Waals surface area contributed by atoms with Gasteiger partial charge >= 0.3 is 6.03 Å². The van der Waals surface area contributed by atoms with Crippen LogP contribution < -0.4 is 4.90 Å². The van der Waals surface area contributed by atoms with Gasteiger partial charge in [0, 0.05) is 39.4 Å². The summed E-state index contributed by atoms with van der Waals surface area (Å²) in [7, 11) is 1.79. The molecule has 0 aromatic carbocycles. The van der Waals surface area contributed by atoms with Crippen molar-refractivity contribution < 1.29 is 14.0 Å². The van der Waals surface area contributed by atoms with E-state index in [4.69, 9.17) is 4.42 Å². The van der Waals surface area contributed by atoms with E-state index >= 15 is 0 Å². The number of carbonyl (C=O) groups is 2. The molecule has 2 aliphatic rings. The van der Waals surface area contributed by atoms with Crippen molar-refractivity contribution in [2.75, 3.05) is 38.1 Å². The minimum absolute atomic E-state index is 0.00817. The van der Waals surface area contributed by atoms with Crippen LogP contribution in [0, 0.1) is 0 Å². The summed E-state index contributed by atoms with van der Waals surface area (Å²) in [6.07, 6.45) is 4.42. The Morgan fingerprint density at radius 3 is 2.84 bits per heavy atom. The minimum Gasteiger partial charge on any atom is -0.444 e. The highest BCUT2D eigenvalue weighted by Crippen LogP contribution is 2.26. The van der Waals surface area contributed by atoms with Gasteiger partial charge in [-0.15, -0.1) is 0 Å². The van der Waals surface area contributed by atoms with Crippen LogP contribution in [0.25, 0.3) is 0 Å². The second-order valence-corrected chi connectivity index (χ2v) is 7.11. The summed E-state index contributed by atoms with van der Waals surface area (Å²) in [6.45, 7) is 2.62. The maximum absolute atomic E-state index is 12.5. The van der Waals surface area contributed by atoms with Crippen LogP contribution in [-0.2, 0) is 0 Å². The predicted molar refractivity (Wildman–Crippen MR) is 93.6 cm³/mol. The standard InChI is InChI=1S/C16H18BrN5O3/c1-19-6-7-21(16(19)24)12-8-18-22(10-12)11-4-5-20(9-11)15(23)13-2-3-14(17)25-13/h2-3,8,10-11H,4-7,9H2,1H3. The van der Waals surface area contributed by atoms with Crippen molar-refractivity contribution in [1.29, 1.82) is 0 Å². The number of rotatable bonds is 3. The van der Waals surface area contributed by atoms with E-state index in [0.29, 0.717) is 36.6 Å². The molecule has 2 fully saturated rings. The number of amides is 3. The topological polar surface area (TPSA) is 74.8 Å². The fourth-order valence-corrected chi connectivity index (χ4v) is 3.59. The Bertz CT molecular complexity index is 816. The molecule has 3 amide bonds. The number of furan rings is 1. The lowest BCUT2D eigenvalue weighted by molar-refractivity contribution is 0.0754. The molecule has 2 aliphatic heterocycles. The summed E-state index contributed by atoms with van der Waals surface area (Å²) >= 11 is 3.21. The lowest BCUT2D eigenvalue weighted by Crippen LogP contribution is -2.29. The highest BCUT2D eigenvalue weighted by atomic mass is 79.9. The zero-order valence-corrected chi connectivity index (χ0v) is 15.3. The molecule has 132 valence electrons. The number of likely N-dealkylation sites (N-methyl/N-ethyl adjacent to an activating group) is 1. The third-order valence-electron chi connectivity index (χ3n) is 4.72. The summed E-state index contributed by atoms with van der Waals surface area (Å²) in [5.74, 6) is 0.219. The molecule has 2 saturated heterocycles. The largest absolute Gasteiger partial charge is 0.444 e. The van der Waals surface area contributed by atoms with Crippen LogP contribution in [-0.4, -0.2) is 64.7 Å². The average Bonchev–Trinajstić information content (AvgIpc) is 3.35. The maximum atomic E-state index is 12.5. The van der Waals surface area contributed by atoms with Crippen molar-refractivity contribution in [3.63, 3.8) is 0 Å². The highest BCUT2D eigenvalue weighted by Gasteiger charge is 2.32.